The van der Waals surface area contributed by atoms with Crippen LogP contribution in [0.4, 0.5) is 11.4 Å². The summed E-state index contributed by atoms with van der Waals surface area (Å²) in [5.41, 5.74) is 8.78. The van der Waals surface area contributed by atoms with Crippen LogP contribution >= 0.6 is 11.3 Å². The SMILES string of the molecule is CCN(Cc1ccsc1)c1ccc(C(=O)O)cc1N. The largest absolute Gasteiger partial charge is 0.478 e. The summed E-state index contributed by atoms with van der Waals surface area (Å²) in [7, 11) is 0. The molecule has 0 spiro atoms. The van der Waals surface area contributed by atoms with E-state index in [0.29, 0.717) is 5.69 Å². The average molecular weight is 276 g/mol. The van der Waals surface area contributed by atoms with Gasteiger partial charge >= 0.3 is 5.97 Å². The molecule has 5 heteroatoms. The van der Waals surface area contributed by atoms with Crippen molar-refractivity contribution >= 4 is 28.7 Å². The van der Waals surface area contributed by atoms with Crippen molar-refractivity contribution in [2.45, 2.75) is 13.5 Å². The van der Waals surface area contributed by atoms with Gasteiger partial charge in [-0.05, 0) is 47.5 Å². The number of benzene rings is 1. The number of carboxylic acid groups (broad SMARTS) is 1. The zero-order valence-electron chi connectivity index (χ0n) is 10.7. The highest BCUT2D eigenvalue weighted by Gasteiger charge is 2.11. The Labute approximate surface area is 116 Å². The van der Waals surface area contributed by atoms with Gasteiger partial charge in [0.15, 0.2) is 0 Å². The molecule has 19 heavy (non-hydrogen) atoms. The van der Waals surface area contributed by atoms with Crippen LogP contribution in [0.25, 0.3) is 0 Å². The molecular weight excluding hydrogens is 260 g/mol. The number of nitrogens with zero attached hydrogens (tertiary/aromatic N) is 1. The van der Waals surface area contributed by atoms with Gasteiger partial charge in [0.25, 0.3) is 0 Å². The lowest BCUT2D eigenvalue weighted by Gasteiger charge is -2.24. The van der Waals surface area contributed by atoms with Gasteiger partial charge < -0.3 is 15.7 Å². The van der Waals surface area contributed by atoms with Crippen molar-refractivity contribution in [1.82, 2.24) is 0 Å². The molecule has 1 aromatic heterocycles. The number of rotatable bonds is 5. The van der Waals surface area contributed by atoms with Gasteiger partial charge in [-0.1, -0.05) is 0 Å². The lowest BCUT2D eigenvalue weighted by atomic mass is 10.1. The van der Waals surface area contributed by atoms with Gasteiger partial charge in [0.05, 0.1) is 16.9 Å². The van der Waals surface area contributed by atoms with Gasteiger partial charge in [-0.2, -0.15) is 11.3 Å². The molecule has 1 aromatic carbocycles. The lowest BCUT2D eigenvalue weighted by molar-refractivity contribution is 0.0697. The molecule has 0 saturated carbocycles. The van der Waals surface area contributed by atoms with E-state index in [-0.39, 0.29) is 5.56 Å². The summed E-state index contributed by atoms with van der Waals surface area (Å²) in [6, 6.07) is 6.95. The quantitative estimate of drug-likeness (QED) is 0.824. The third-order valence-corrected chi connectivity index (χ3v) is 3.68. The van der Waals surface area contributed by atoms with Crippen molar-refractivity contribution < 1.29 is 9.90 Å². The molecule has 3 N–H and O–H groups in total. The number of hydrogen-bond acceptors (Lipinski definition) is 4. The molecule has 2 rings (SSSR count). The van der Waals surface area contributed by atoms with Gasteiger partial charge in [0.2, 0.25) is 0 Å². The fraction of sp³-hybridized carbons (Fsp3) is 0.214. The summed E-state index contributed by atoms with van der Waals surface area (Å²) in [5, 5.41) is 13.1. The summed E-state index contributed by atoms with van der Waals surface area (Å²) in [4.78, 5) is 13.0. The Morgan fingerprint density at radius 2 is 2.21 bits per heavy atom. The Bertz CT molecular complexity index is 567. The Morgan fingerprint density at radius 1 is 1.42 bits per heavy atom. The number of nitrogens with two attached hydrogens (primary N) is 1. The predicted octanol–water partition coefficient (Wildman–Crippen LogP) is 3.06. The minimum Gasteiger partial charge on any atom is -0.478 e. The second-order valence-electron chi connectivity index (χ2n) is 4.22. The molecule has 100 valence electrons. The standard InChI is InChI=1S/C14H16N2O2S/c1-2-16(8-10-5-6-19-9-10)13-4-3-11(14(17)18)7-12(13)15/h3-7,9H,2,8,15H2,1H3,(H,17,18). The van der Waals surface area contributed by atoms with Crippen LogP contribution in [-0.2, 0) is 6.54 Å². The van der Waals surface area contributed by atoms with Crippen molar-refractivity contribution in [3.63, 3.8) is 0 Å². The molecule has 4 nitrogen and oxygen atoms in total. The van der Waals surface area contributed by atoms with E-state index in [4.69, 9.17) is 10.8 Å². The molecular formula is C14H16N2O2S. The number of carbonyl (C=O) groups is 1. The van der Waals surface area contributed by atoms with E-state index < -0.39 is 5.97 Å². The van der Waals surface area contributed by atoms with E-state index in [1.807, 2.05) is 5.38 Å². The first kappa shape index (κ1) is 13.4. The molecule has 2 aromatic rings. The van der Waals surface area contributed by atoms with E-state index in [0.717, 1.165) is 18.8 Å². The van der Waals surface area contributed by atoms with Crippen LogP contribution in [0.2, 0.25) is 0 Å². The normalized spacial score (nSPS) is 10.4. The third kappa shape index (κ3) is 3.06. The highest BCUT2D eigenvalue weighted by Crippen LogP contribution is 2.26. The Hall–Kier alpha value is -2.01. The van der Waals surface area contributed by atoms with Crippen molar-refractivity contribution in [3.05, 3.63) is 46.2 Å². The van der Waals surface area contributed by atoms with Gasteiger partial charge in [0, 0.05) is 13.1 Å². The molecule has 0 saturated heterocycles. The topological polar surface area (TPSA) is 66.6 Å². The monoisotopic (exact) mass is 276 g/mol. The number of nitrogen functional groups attached to an aromatic ring is 1. The van der Waals surface area contributed by atoms with Gasteiger partial charge in [0.1, 0.15) is 0 Å². The van der Waals surface area contributed by atoms with E-state index in [1.165, 1.54) is 11.6 Å². The Morgan fingerprint density at radius 3 is 2.74 bits per heavy atom. The lowest BCUT2D eigenvalue weighted by Crippen LogP contribution is -2.23. The molecule has 0 aliphatic carbocycles. The van der Waals surface area contributed by atoms with Gasteiger partial charge in [-0.3, -0.25) is 0 Å². The summed E-state index contributed by atoms with van der Waals surface area (Å²) >= 11 is 1.66. The first-order valence-electron chi connectivity index (χ1n) is 6.00. The van der Waals surface area contributed by atoms with E-state index in [2.05, 4.69) is 23.3 Å². The third-order valence-electron chi connectivity index (χ3n) is 2.95. The highest BCUT2D eigenvalue weighted by atomic mass is 32.1. The summed E-state index contributed by atoms with van der Waals surface area (Å²) < 4.78 is 0. The van der Waals surface area contributed by atoms with Crippen LogP contribution in [0.3, 0.4) is 0 Å². The van der Waals surface area contributed by atoms with E-state index in [1.54, 1.807) is 23.5 Å². The zero-order valence-corrected chi connectivity index (χ0v) is 11.5. The van der Waals surface area contributed by atoms with E-state index >= 15 is 0 Å². The van der Waals surface area contributed by atoms with Crippen LogP contribution in [0.5, 0.6) is 0 Å². The second-order valence-corrected chi connectivity index (χ2v) is 5.00. The molecule has 0 unspecified atom stereocenters. The fourth-order valence-corrected chi connectivity index (χ4v) is 2.61. The van der Waals surface area contributed by atoms with Crippen molar-refractivity contribution in [1.29, 1.82) is 0 Å². The maximum Gasteiger partial charge on any atom is 0.335 e. The first-order valence-corrected chi connectivity index (χ1v) is 6.95. The zero-order chi connectivity index (χ0) is 13.8. The van der Waals surface area contributed by atoms with Crippen LogP contribution < -0.4 is 10.6 Å². The molecule has 1 heterocycles. The average Bonchev–Trinajstić information content (AvgIpc) is 2.89. The predicted molar refractivity (Wildman–Crippen MR) is 78.9 cm³/mol. The highest BCUT2D eigenvalue weighted by molar-refractivity contribution is 7.07. The molecule has 0 amide bonds. The fourth-order valence-electron chi connectivity index (χ4n) is 1.95. The number of thiophene rings is 1. The molecule has 0 aliphatic heterocycles. The van der Waals surface area contributed by atoms with Crippen LogP contribution in [-0.4, -0.2) is 17.6 Å². The molecule has 0 radical (unpaired) electrons. The minimum atomic E-state index is -0.959. The number of anilines is 2. The van der Waals surface area contributed by atoms with Crippen molar-refractivity contribution in [3.8, 4) is 0 Å². The summed E-state index contributed by atoms with van der Waals surface area (Å²) in [6.07, 6.45) is 0. The summed E-state index contributed by atoms with van der Waals surface area (Å²) in [6.45, 7) is 3.64. The molecule has 0 atom stereocenters. The van der Waals surface area contributed by atoms with Crippen molar-refractivity contribution in [2.24, 2.45) is 0 Å². The van der Waals surface area contributed by atoms with Crippen molar-refractivity contribution in [2.75, 3.05) is 17.2 Å². The summed E-state index contributed by atoms with van der Waals surface area (Å²) in [5.74, 6) is -0.959. The number of aromatic carboxylic acids is 1. The first-order chi connectivity index (χ1) is 9.11. The van der Waals surface area contributed by atoms with Gasteiger partial charge in [-0.15, -0.1) is 0 Å². The van der Waals surface area contributed by atoms with E-state index in [9.17, 15) is 4.79 Å². The number of carboxylic acids is 1. The molecule has 0 bridgehead atoms. The molecule has 0 aliphatic rings. The maximum atomic E-state index is 10.9. The van der Waals surface area contributed by atoms with Crippen LogP contribution in [0.15, 0.2) is 35.0 Å². The van der Waals surface area contributed by atoms with Gasteiger partial charge in [-0.25, -0.2) is 4.79 Å². The Balaban J connectivity index is 2.25. The molecule has 0 fully saturated rings. The minimum absolute atomic E-state index is 0.216. The smallest absolute Gasteiger partial charge is 0.335 e. The Kier molecular flexibility index (Phi) is 4.06. The maximum absolute atomic E-state index is 10.9. The number of hydrogen-bond donors (Lipinski definition) is 2. The second kappa shape index (κ2) is 5.75. The van der Waals surface area contributed by atoms with Crippen LogP contribution in [0.1, 0.15) is 22.8 Å². The van der Waals surface area contributed by atoms with Crippen LogP contribution in [0, 0.1) is 0 Å².